The first-order chi connectivity index (χ1) is 21.9. The van der Waals surface area contributed by atoms with Gasteiger partial charge >= 0.3 is 6.18 Å². The molecule has 0 radical (unpaired) electrons. The number of carbonyl (C=O) groups is 1. The third-order valence-electron chi connectivity index (χ3n) is 8.26. The number of nitrogens with one attached hydrogen (secondary N) is 1. The van der Waals surface area contributed by atoms with Gasteiger partial charge in [0.1, 0.15) is 5.78 Å². The molecule has 0 amide bonds. The number of nitrogens with zero attached hydrogens (tertiary/aromatic N) is 4. The lowest BCUT2D eigenvalue weighted by Crippen LogP contribution is -2.55. The van der Waals surface area contributed by atoms with E-state index in [0.29, 0.717) is 29.9 Å². The molecule has 1 aromatic heterocycles. The number of alkyl halides is 3. The molecule has 3 N–H and O–H groups in total. The van der Waals surface area contributed by atoms with Crippen LogP contribution in [0.3, 0.4) is 0 Å². The molecule has 7 nitrogen and oxygen atoms in total. The van der Waals surface area contributed by atoms with Crippen LogP contribution in [0.25, 0.3) is 0 Å². The van der Waals surface area contributed by atoms with Gasteiger partial charge in [0.25, 0.3) is 0 Å². The van der Waals surface area contributed by atoms with Crippen molar-refractivity contribution in [3.8, 4) is 6.07 Å². The number of aromatic nitrogens is 2. The highest BCUT2D eigenvalue weighted by Gasteiger charge is 2.38. The molecule has 0 aliphatic heterocycles. The van der Waals surface area contributed by atoms with Crippen LogP contribution in [0.5, 0.6) is 0 Å². The van der Waals surface area contributed by atoms with E-state index in [0.717, 1.165) is 17.2 Å². The standard InChI is InChI=1S/C35H37F3N6OS/c1-4-23(2)32(31(45)17-28-19-41-22-43(28)20-26-15-13-25(18-39)14-16-26)33(40)44(34(46)42-30-12-8-5-9-24(30)3)21-27-10-6-7-11-29(27)35(36,37)38/h5-16,19,22-23,32-33H,4,17,20-21,40H2,1-3H3,(H,42,46)/t23-,32+,33?/m0/s1. The molecule has 11 heteroatoms. The Balaban J connectivity index is 1.66. The van der Waals surface area contributed by atoms with Crippen molar-refractivity contribution in [1.82, 2.24) is 14.5 Å². The summed E-state index contributed by atoms with van der Waals surface area (Å²) in [4.78, 5) is 19.9. The first-order valence-corrected chi connectivity index (χ1v) is 15.4. The second kappa shape index (κ2) is 15.2. The summed E-state index contributed by atoms with van der Waals surface area (Å²) in [6.45, 7) is 5.93. The number of nitrogens with two attached hydrogens (primary N) is 1. The molecule has 240 valence electrons. The molecule has 4 rings (SSSR count). The van der Waals surface area contributed by atoms with Crippen molar-refractivity contribution in [3.63, 3.8) is 0 Å². The molecule has 0 spiro atoms. The quantitative estimate of drug-likeness (QED) is 0.125. The largest absolute Gasteiger partial charge is 0.416 e. The number of Topliss-reactive ketones (excluding diaryl/α,β-unsaturated/α-hetero) is 1. The number of imidazole rings is 1. The first-order valence-electron chi connectivity index (χ1n) is 15.0. The Kier molecular flexibility index (Phi) is 11.3. The van der Waals surface area contributed by atoms with Crippen molar-refractivity contribution in [2.45, 2.75) is 59.0 Å². The van der Waals surface area contributed by atoms with Crippen LogP contribution in [0.4, 0.5) is 18.9 Å². The molecule has 0 saturated carbocycles. The molecule has 0 saturated heterocycles. The number of hydrogen-bond acceptors (Lipinski definition) is 5. The van der Waals surface area contributed by atoms with Crippen LogP contribution < -0.4 is 11.1 Å². The topological polar surface area (TPSA) is 100.0 Å². The number of halogens is 3. The molecule has 0 fully saturated rings. The predicted octanol–water partition coefficient (Wildman–Crippen LogP) is 7.09. The van der Waals surface area contributed by atoms with Gasteiger partial charge in [-0.1, -0.05) is 68.8 Å². The fourth-order valence-corrected chi connectivity index (χ4v) is 5.73. The maximum absolute atomic E-state index is 14.1. The van der Waals surface area contributed by atoms with E-state index in [1.54, 1.807) is 30.7 Å². The van der Waals surface area contributed by atoms with E-state index in [1.807, 2.05) is 61.7 Å². The minimum absolute atomic E-state index is 0.00442. The van der Waals surface area contributed by atoms with Crippen LogP contribution >= 0.6 is 12.2 Å². The summed E-state index contributed by atoms with van der Waals surface area (Å²) in [7, 11) is 0. The number of para-hydroxylation sites is 1. The normalized spacial score (nSPS) is 13.3. The number of aryl methyl sites for hydroxylation is 1. The SMILES string of the molecule is CC[C@H](C)[C@H](C(=O)Cc1cncn1Cc1ccc(C#N)cc1)C(N)N(Cc1ccccc1C(F)(F)F)C(=S)Nc1ccccc1C. The molecule has 4 aromatic rings. The second-order valence-electron chi connectivity index (χ2n) is 11.4. The van der Waals surface area contributed by atoms with Crippen molar-refractivity contribution in [3.05, 3.63) is 119 Å². The summed E-state index contributed by atoms with van der Waals surface area (Å²) in [6, 6.07) is 22.0. The van der Waals surface area contributed by atoms with Gasteiger partial charge in [-0.05, 0) is 66.0 Å². The second-order valence-corrected chi connectivity index (χ2v) is 11.8. The lowest BCUT2D eigenvalue weighted by molar-refractivity contribution is -0.138. The zero-order valence-electron chi connectivity index (χ0n) is 26.0. The summed E-state index contributed by atoms with van der Waals surface area (Å²) < 4.78 is 44.0. The number of ketones is 1. The highest BCUT2D eigenvalue weighted by Crippen LogP contribution is 2.34. The van der Waals surface area contributed by atoms with Crippen molar-refractivity contribution in [1.29, 1.82) is 5.26 Å². The Morgan fingerprint density at radius 3 is 2.43 bits per heavy atom. The fraction of sp³-hybridized carbons (Fsp3) is 0.314. The Morgan fingerprint density at radius 2 is 1.78 bits per heavy atom. The number of carbonyl (C=O) groups excluding carboxylic acids is 1. The Hall–Kier alpha value is -4.53. The number of thiocarbonyl (C=S) groups is 1. The molecule has 3 atom stereocenters. The number of rotatable bonds is 12. The molecule has 3 aromatic carbocycles. The van der Waals surface area contributed by atoms with Crippen LogP contribution in [0.1, 0.15) is 53.8 Å². The average Bonchev–Trinajstić information content (AvgIpc) is 3.46. The van der Waals surface area contributed by atoms with Crippen LogP contribution in [0.2, 0.25) is 0 Å². The molecular weight excluding hydrogens is 609 g/mol. The van der Waals surface area contributed by atoms with E-state index in [1.165, 1.54) is 17.0 Å². The van der Waals surface area contributed by atoms with Crippen LogP contribution in [-0.2, 0) is 30.5 Å². The molecule has 1 unspecified atom stereocenters. The third-order valence-corrected chi connectivity index (χ3v) is 8.59. The maximum Gasteiger partial charge on any atom is 0.416 e. The summed E-state index contributed by atoms with van der Waals surface area (Å²) in [5, 5.41) is 12.4. The zero-order valence-corrected chi connectivity index (χ0v) is 26.8. The van der Waals surface area contributed by atoms with Gasteiger partial charge in [0.2, 0.25) is 0 Å². The van der Waals surface area contributed by atoms with Crippen molar-refractivity contribution < 1.29 is 18.0 Å². The van der Waals surface area contributed by atoms with Crippen molar-refractivity contribution in [2.24, 2.45) is 17.6 Å². The van der Waals surface area contributed by atoms with Gasteiger partial charge in [-0.25, -0.2) is 4.98 Å². The Bertz CT molecular complexity index is 1700. The number of nitriles is 1. The lowest BCUT2D eigenvalue weighted by Gasteiger charge is -2.38. The van der Waals surface area contributed by atoms with E-state index < -0.39 is 23.8 Å². The Labute approximate surface area is 272 Å². The van der Waals surface area contributed by atoms with Gasteiger partial charge in [-0.2, -0.15) is 18.4 Å². The summed E-state index contributed by atoms with van der Waals surface area (Å²) in [6.07, 6.45) is -1.73. The molecular formula is C35H37F3N6OS. The third kappa shape index (κ3) is 8.38. The van der Waals surface area contributed by atoms with E-state index in [9.17, 15) is 18.0 Å². The highest BCUT2D eigenvalue weighted by atomic mass is 32.1. The van der Waals surface area contributed by atoms with Gasteiger partial charge in [0.05, 0.1) is 35.6 Å². The van der Waals surface area contributed by atoms with Crippen molar-refractivity contribution in [2.75, 3.05) is 5.32 Å². The van der Waals surface area contributed by atoms with Gasteiger partial charge in [0.15, 0.2) is 5.11 Å². The van der Waals surface area contributed by atoms with Gasteiger partial charge in [-0.15, -0.1) is 0 Å². The maximum atomic E-state index is 14.1. The van der Waals surface area contributed by atoms with Gasteiger partial charge in [0, 0.05) is 37.1 Å². The average molecular weight is 647 g/mol. The molecule has 0 bridgehead atoms. The van der Waals surface area contributed by atoms with Crippen molar-refractivity contribution >= 4 is 28.8 Å². The number of anilines is 1. The number of benzene rings is 3. The minimum atomic E-state index is -4.59. The minimum Gasteiger partial charge on any atom is -0.332 e. The molecule has 0 aliphatic carbocycles. The molecule has 46 heavy (non-hydrogen) atoms. The summed E-state index contributed by atoms with van der Waals surface area (Å²) in [5.41, 5.74) is 9.84. The van der Waals surface area contributed by atoms with E-state index in [-0.39, 0.29) is 35.3 Å². The van der Waals surface area contributed by atoms with E-state index >= 15 is 0 Å². The van der Waals surface area contributed by atoms with Gasteiger partial charge in [-0.3, -0.25) is 4.79 Å². The molecule has 0 aliphatic rings. The van der Waals surface area contributed by atoms with E-state index in [2.05, 4.69) is 16.4 Å². The summed E-state index contributed by atoms with van der Waals surface area (Å²) in [5.74, 6) is -1.15. The predicted molar refractivity (Wildman–Crippen MR) is 177 cm³/mol. The fourth-order valence-electron chi connectivity index (χ4n) is 5.44. The van der Waals surface area contributed by atoms with Gasteiger partial charge < -0.3 is 20.5 Å². The zero-order chi connectivity index (χ0) is 33.4. The monoisotopic (exact) mass is 646 g/mol. The lowest BCUT2D eigenvalue weighted by atomic mass is 9.83. The molecule has 1 heterocycles. The Morgan fingerprint density at radius 1 is 1.11 bits per heavy atom. The number of hydrogen-bond donors (Lipinski definition) is 2. The highest BCUT2D eigenvalue weighted by molar-refractivity contribution is 7.80. The summed E-state index contributed by atoms with van der Waals surface area (Å²) >= 11 is 5.79. The van der Waals surface area contributed by atoms with E-state index in [4.69, 9.17) is 23.2 Å². The smallest absolute Gasteiger partial charge is 0.332 e. The van der Waals surface area contributed by atoms with Crippen LogP contribution in [0.15, 0.2) is 85.3 Å². The van der Waals surface area contributed by atoms with Crippen LogP contribution in [-0.4, -0.2) is 31.5 Å². The van der Waals surface area contributed by atoms with Crippen LogP contribution in [0, 0.1) is 30.1 Å². The first kappa shape index (κ1) is 34.3.